The Labute approximate surface area is 84.0 Å². The molecule has 0 saturated carbocycles. The molecule has 0 spiro atoms. The smallest absolute Gasteiger partial charge is 0.0702 e. The Morgan fingerprint density at radius 3 is 2.21 bits per heavy atom. The maximum Gasteiger partial charge on any atom is 0.0702 e. The van der Waals surface area contributed by atoms with Crippen molar-refractivity contribution in [2.24, 2.45) is 5.73 Å². The molecule has 0 aliphatic heterocycles. The van der Waals surface area contributed by atoms with Gasteiger partial charge >= 0.3 is 0 Å². The summed E-state index contributed by atoms with van der Waals surface area (Å²) in [6.07, 6.45) is 4.09. The summed E-state index contributed by atoms with van der Waals surface area (Å²) in [7, 11) is 0. The number of aromatic nitrogens is 1. The van der Waals surface area contributed by atoms with Gasteiger partial charge < -0.3 is 10.3 Å². The van der Waals surface area contributed by atoms with Crippen molar-refractivity contribution in [3.8, 4) is 0 Å². The predicted octanol–water partition coefficient (Wildman–Crippen LogP) is 2.04. The summed E-state index contributed by atoms with van der Waals surface area (Å²) in [5, 5.41) is 0. The van der Waals surface area contributed by atoms with Crippen molar-refractivity contribution in [1.29, 1.82) is 0 Å². The normalized spacial score (nSPS) is 12.6. The quantitative estimate of drug-likeness (QED) is 0.781. The van der Waals surface area contributed by atoms with Gasteiger partial charge in [0.25, 0.3) is 0 Å². The summed E-state index contributed by atoms with van der Waals surface area (Å²) in [6, 6.07) is 14.6. The van der Waals surface area contributed by atoms with Gasteiger partial charge in [-0.3, -0.25) is 0 Å². The second-order valence-electron chi connectivity index (χ2n) is 3.29. The van der Waals surface area contributed by atoms with Gasteiger partial charge in [0.05, 0.1) is 6.04 Å². The lowest BCUT2D eigenvalue weighted by atomic mass is 10.1. The first-order chi connectivity index (χ1) is 6.92. The van der Waals surface area contributed by atoms with E-state index >= 15 is 0 Å². The van der Waals surface area contributed by atoms with Crippen LogP contribution >= 0.6 is 0 Å². The van der Waals surface area contributed by atoms with Gasteiger partial charge in [0.15, 0.2) is 0 Å². The molecule has 2 rings (SSSR count). The zero-order valence-corrected chi connectivity index (χ0v) is 8.01. The summed E-state index contributed by atoms with van der Waals surface area (Å²) < 4.78 is 2.13. The maximum atomic E-state index is 5.78. The lowest BCUT2D eigenvalue weighted by molar-refractivity contribution is 0.598. The average molecular weight is 186 g/mol. The third-order valence-corrected chi connectivity index (χ3v) is 2.40. The molecule has 0 fully saturated rings. The lowest BCUT2D eigenvalue weighted by Gasteiger charge is -2.17. The molecule has 0 aliphatic carbocycles. The molecule has 1 aromatic carbocycles. The molecule has 2 nitrogen and oxygen atoms in total. The zero-order valence-electron chi connectivity index (χ0n) is 8.01. The van der Waals surface area contributed by atoms with Crippen LogP contribution in [-0.4, -0.2) is 11.1 Å². The highest BCUT2D eigenvalue weighted by Crippen LogP contribution is 2.16. The Balaban J connectivity index is 2.31. The minimum Gasteiger partial charge on any atom is -0.346 e. The van der Waals surface area contributed by atoms with E-state index in [1.54, 1.807) is 0 Å². The van der Waals surface area contributed by atoms with Crippen LogP contribution in [0.3, 0.4) is 0 Å². The van der Waals surface area contributed by atoms with Gasteiger partial charge in [-0.2, -0.15) is 0 Å². The fourth-order valence-electron chi connectivity index (χ4n) is 1.66. The summed E-state index contributed by atoms with van der Waals surface area (Å²) in [6.45, 7) is 0.624. The molecule has 2 N–H and O–H groups in total. The molecule has 1 aromatic heterocycles. The molecule has 0 bridgehead atoms. The highest BCUT2D eigenvalue weighted by molar-refractivity contribution is 5.20. The Morgan fingerprint density at radius 2 is 1.64 bits per heavy atom. The van der Waals surface area contributed by atoms with Crippen LogP contribution in [-0.2, 0) is 0 Å². The molecular weight excluding hydrogens is 172 g/mol. The van der Waals surface area contributed by atoms with Crippen molar-refractivity contribution in [3.05, 3.63) is 60.4 Å². The molecule has 0 radical (unpaired) electrons. The van der Waals surface area contributed by atoms with E-state index < -0.39 is 0 Å². The molecule has 1 atom stereocenters. The van der Waals surface area contributed by atoms with Crippen LogP contribution in [0.4, 0.5) is 0 Å². The second kappa shape index (κ2) is 4.11. The summed E-state index contributed by atoms with van der Waals surface area (Å²) in [5.41, 5.74) is 7.03. The number of rotatable bonds is 3. The summed E-state index contributed by atoms with van der Waals surface area (Å²) >= 11 is 0. The predicted molar refractivity (Wildman–Crippen MR) is 58.1 cm³/mol. The van der Waals surface area contributed by atoms with Crippen molar-refractivity contribution >= 4 is 0 Å². The van der Waals surface area contributed by atoms with E-state index in [1.165, 1.54) is 5.56 Å². The van der Waals surface area contributed by atoms with Gasteiger partial charge in [-0.1, -0.05) is 30.3 Å². The van der Waals surface area contributed by atoms with Crippen molar-refractivity contribution in [2.45, 2.75) is 6.04 Å². The fourth-order valence-corrected chi connectivity index (χ4v) is 1.66. The number of hydrogen-bond acceptors (Lipinski definition) is 1. The third-order valence-electron chi connectivity index (χ3n) is 2.40. The van der Waals surface area contributed by atoms with Gasteiger partial charge in [0.2, 0.25) is 0 Å². The largest absolute Gasteiger partial charge is 0.346 e. The van der Waals surface area contributed by atoms with Gasteiger partial charge in [-0.15, -0.1) is 0 Å². The van der Waals surface area contributed by atoms with E-state index in [4.69, 9.17) is 5.73 Å². The minimum absolute atomic E-state index is 0.256. The number of hydrogen-bond donors (Lipinski definition) is 1. The maximum absolute atomic E-state index is 5.78. The van der Waals surface area contributed by atoms with E-state index in [0.717, 1.165) is 0 Å². The molecule has 0 aliphatic rings. The molecule has 1 unspecified atom stereocenters. The number of benzene rings is 1. The Kier molecular flexibility index (Phi) is 2.65. The van der Waals surface area contributed by atoms with Gasteiger partial charge in [0, 0.05) is 18.9 Å². The first-order valence-corrected chi connectivity index (χ1v) is 4.79. The van der Waals surface area contributed by atoms with Crippen molar-refractivity contribution in [1.82, 2.24) is 4.57 Å². The van der Waals surface area contributed by atoms with E-state index in [1.807, 2.05) is 42.7 Å². The first-order valence-electron chi connectivity index (χ1n) is 4.79. The van der Waals surface area contributed by atoms with Crippen LogP contribution in [0.2, 0.25) is 0 Å². The van der Waals surface area contributed by atoms with E-state index in [9.17, 15) is 0 Å². The fraction of sp³-hybridized carbons (Fsp3) is 0.167. The summed E-state index contributed by atoms with van der Waals surface area (Å²) in [4.78, 5) is 0. The Bertz CT molecular complexity index is 364. The molecule has 2 aromatic rings. The van der Waals surface area contributed by atoms with Crippen molar-refractivity contribution in [2.75, 3.05) is 6.54 Å². The molecule has 72 valence electrons. The standard InChI is InChI=1S/C12H14N2/c13-10-12(14-8-4-5-9-14)11-6-2-1-3-7-11/h1-9,12H,10,13H2. The lowest BCUT2D eigenvalue weighted by Crippen LogP contribution is -2.18. The first kappa shape index (κ1) is 9.03. The summed E-state index contributed by atoms with van der Waals surface area (Å²) in [5.74, 6) is 0. The average Bonchev–Trinajstić information content (AvgIpc) is 2.74. The monoisotopic (exact) mass is 186 g/mol. The van der Waals surface area contributed by atoms with Crippen LogP contribution < -0.4 is 5.73 Å². The molecule has 0 saturated heterocycles. The zero-order chi connectivity index (χ0) is 9.80. The minimum atomic E-state index is 0.256. The molecular formula is C12H14N2. The van der Waals surface area contributed by atoms with Crippen LogP contribution in [0.5, 0.6) is 0 Å². The van der Waals surface area contributed by atoms with E-state index in [0.29, 0.717) is 6.54 Å². The van der Waals surface area contributed by atoms with Crippen molar-refractivity contribution < 1.29 is 0 Å². The topological polar surface area (TPSA) is 30.9 Å². The van der Waals surface area contributed by atoms with E-state index in [2.05, 4.69) is 16.7 Å². The third kappa shape index (κ3) is 1.70. The molecule has 0 amide bonds. The van der Waals surface area contributed by atoms with Gasteiger partial charge in [-0.25, -0.2) is 0 Å². The van der Waals surface area contributed by atoms with E-state index in [-0.39, 0.29) is 6.04 Å². The van der Waals surface area contributed by atoms with Gasteiger partial charge in [0.1, 0.15) is 0 Å². The molecule has 1 heterocycles. The van der Waals surface area contributed by atoms with Gasteiger partial charge in [-0.05, 0) is 17.7 Å². The Morgan fingerprint density at radius 1 is 1.00 bits per heavy atom. The van der Waals surface area contributed by atoms with Crippen LogP contribution in [0.1, 0.15) is 11.6 Å². The number of nitrogens with two attached hydrogens (primary N) is 1. The van der Waals surface area contributed by atoms with Crippen LogP contribution in [0.25, 0.3) is 0 Å². The molecule has 14 heavy (non-hydrogen) atoms. The highest BCUT2D eigenvalue weighted by atomic mass is 15.0. The SMILES string of the molecule is NCC(c1ccccc1)n1cccc1. The number of nitrogens with zero attached hydrogens (tertiary/aromatic N) is 1. The van der Waals surface area contributed by atoms with Crippen molar-refractivity contribution in [3.63, 3.8) is 0 Å². The molecule has 2 heteroatoms. The van der Waals surface area contributed by atoms with Crippen LogP contribution in [0, 0.1) is 0 Å². The Hall–Kier alpha value is -1.54. The highest BCUT2D eigenvalue weighted by Gasteiger charge is 2.08. The van der Waals surface area contributed by atoms with Crippen LogP contribution in [0.15, 0.2) is 54.9 Å². The second-order valence-corrected chi connectivity index (χ2v) is 3.29.